The van der Waals surface area contributed by atoms with E-state index in [-0.39, 0.29) is 5.82 Å². The molecule has 0 spiro atoms. The van der Waals surface area contributed by atoms with Gasteiger partial charge < -0.3 is 5.32 Å². The second kappa shape index (κ2) is 6.99. The summed E-state index contributed by atoms with van der Waals surface area (Å²) < 4.78 is 13.8. The number of allylic oxidation sites excluding steroid dienone is 1. The molecule has 15 heavy (non-hydrogen) atoms. The van der Waals surface area contributed by atoms with Gasteiger partial charge in [0.2, 0.25) is 0 Å². The summed E-state index contributed by atoms with van der Waals surface area (Å²) in [6.07, 6.45) is 3.81. The van der Waals surface area contributed by atoms with Gasteiger partial charge in [-0.1, -0.05) is 28.1 Å². The van der Waals surface area contributed by atoms with Crippen molar-refractivity contribution in [1.29, 1.82) is 0 Å². The van der Waals surface area contributed by atoms with E-state index in [4.69, 9.17) is 11.6 Å². The largest absolute Gasteiger partial charge is 0.309 e. The molecule has 0 amide bonds. The van der Waals surface area contributed by atoms with E-state index in [0.717, 1.165) is 16.6 Å². The summed E-state index contributed by atoms with van der Waals surface area (Å²) in [5.41, 5.74) is 0.911. The summed E-state index contributed by atoms with van der Waals surface area (Å²) in [6, 6.07) is 4.66. The lowest BCUT2D eigenvalue weighted by atomic mass is 10.2. The second-order valence-electron chi connectivity index (χ2n) is 2.99. The van der Waals surface area contributed by atoms with Crippen molar-refractivity contribution in [1.82, 2.24) is 5.32 Å². The van der Waals surface area contributed by atoms with Crippen LogP contribution >= 0.6 is 27.5 Å². The van der Waals surface area contributed by atoms with Gasteiger partial charge in [-0.2, -0.15) is 0 Å². The average molecular weight is 293 g/mol. The van der Waals surface area contributed by atoms with Crippen molar-refractivity contribution < 1.29 is 4.39 Å². The third-order valence-electron chi connectivity index (χ3n) is 1.84. The van der Waals surface area contributed by atoms with Gasteiger partial charge in [0.15, 0.2) is 0 Å². The maximum absolute atomic E-state index is 12.9. The summed E-state index contributed by atoms with van der Waals surface area (Å²) in [5, 5.41) is 3.16. The zero-order valence-electron chi connectivity index (χ0n) is 8.14. The van der Waals surface area contributed by atoms with Crippen molar-refractivity contribution in [2.24, 2.45) is 0 Å². The molecule has 0 bridgehead atoms. The number of alkyl halides is 1. The van der Waals surface area contributed by atoms with Crippen LogP contribution in [0.2, 0.25) is 0 Å². The van der Waals surface area contributed by atoms with Gasteiger partial charge in [0, 0.05) is 23.4 Å². The zero-order chi connectivity index (χ0) is 11.1. The molecule has 0 saturated carbocycles. The highest BCUT2D eigenvalue weighted by molar-refractivity contribution is 9.10. The number of nitrogens with one attached hydrogen (secondary N) is 1. The smallest absolute Gasteiger partial charge is 0.123 e. The summed E-state index contributed by atoms with van der Waals surface area (Å²) >= 11 is 8.84. The number of benzene rings is 1. The van der Waals surface area contributed by atoms with E-state index in [1.807, 2.05) is 12.2 Å². The van der Waals surface area contributed by atoms with E-state index in [0.29, 0.717) is 12.4 Å². The third kappa shape index (κ3) is 4.78. The monoisotopic (exact) mass is 291 g/mol. The molecule has 0 aliphatic carbocycles. The fraction of sp³-hybridized carbons (Fsp3) is 0.273. The summed E-state index contributed by atoms with van der Waals surface area (Å²) in [4.78, 5) is 0. The molecule has 0 atom stereocenters. The number of halogens is 3. The topological polar surface area (TPSA) is 12.0 Å². The molecule has 0 aliphatic heterocycles. The number of hydrogen-bond donors (Lipinski definition) is 1. The average Bonchev–Trinajstić information content (AvgIpc) is 2.23. The van der Waals surface area contributed by atoms with Gasteiger partial charge in [-0.25, -0.2) is 4.39 Å². The van der Waals surface area contributed by atoms with Crippen LogP contribution in [-0.2, 0) is 6.54 Å². The van der Waals surface area contributed by atoms with Gasteiger partial charge in [0.05, 0.1) is 0 Å². The Bertz CT molecular complexity index is 341. The van der Waals surface area contributed by atoms with Crippen molar-refractivity contribution in [3.8, 4) is 0 Å². The zero-order valence-corrected chi connectivity index (χ0v) is 10.5. The molecule has 1 rings (SSSR count). The van der Waals surface area contributed by atoms with Crippen LogP contribution in [0.5, 0.6) is 0 Å². The minimum absolute atomic E-state index is 0.216. The molecule has 4 heteroatoms. The highest BCUT2D eigenvalue weighted by atomic mass is 79.9. The Morgan fingerprint density at radius 3 is 2.93 bits per heavy atom. The van der Waals surface area contributed by atoms with Crippen molar-refractivity contribution >= 4 is 27.5 Å². The highest BCUT2D eigenvalue weighted by Crippen LogP contribution is 2.17. The van der Waals surface area contributed by atoms with E-state index < -0.39 is 0 Å². The SMILES string of the molecule is Fc1ccc(Br)c(CNC/C=C/CCl)c1. The maximum atomic E-state index is 12.9. The predicted octanol–water partition coefficient (Wildman–Crippen LogP) is 3.47. The molecule has 1 aromatic carbocycles. The van der Waals surface area contributed by atoms with Gasteiger partial charge in [-0.05, 0) is 23.8 Å². The standard InChI is InChI=1S/C11H12BrClFN/c12-11-4-3-10(14)7-9(11)8-15-6-2-1-5-13/h1-4,7,15H,5-6,8H2/b2-1+. The molecule has 0 aliphatic rings. The van der Waals surface area contributed by atoms with Gasteiger partial charge in [-0.15, -0.1) is 11.6 Å². The van der Waals surface area contributed by atoms with Crippen LogP contribution in [-0.4, -0.2) is 12.4 Å². The minimum Gasteiger partial charge on any atom is -0.309 e. The number of rotatable bonds is 5. The summed E-state index contributed by atoms with van der Waals surface area (Å²) in [6.45, 7) is 1.36. The molecule has 0 fully saturated rings. The van der Waals surface area contributed by atoms with Gasteiger partial charge in [0.1, 0.15) is 5.82 Å². The quantitative estimate of drug-likeness (QED) is 0.498. The predicted molar refractivity (Wildman–Crippen MR) is 65.7 cm³/mol. The van der Waals surface area contributed by atoms with Crippen LogP contribution in [0.15, 0.2) is 34.8 Å². The maximum Gasteiger partial charge on any atom is 0.123 e. The van der Waals surface area contributed by atoms with Crippen LogP contribution in [0.3, 0.4) is 0 Å². The molecule has 0 unspecified atom stereocenters. The van der Waals surface area contributed by atoms with Crippen LogP contribution in [0.25, 0.3) is 0 Å². The molecule has 0 radical (unpaired) electrons. The Balaban J connectivity index is 2.43. The highest BCUT2D eigenvalue weighted by Gasteiger charge is 2.00. The van der Waals surface area contributed by atoms with Crippen LogP contribution in [0, 0.1) is 5.82 Å². The Morgan fingerprint density at radius 2 is 2.20 bits per heavy atom. The van der Waals surface area contributed by atoms with E-state index in [1.54, 1.807) is 6.07 Å². The first-order chi connectivity index (χ1) is 7.24. The Hall–Kier alpha value is -0.380. The lowest BCUT2D eigenvalue weighted by molar-refractivity contribution is 0.622. The first-order valence-electron chi connectivity index (χ1n) is 4.59. The first kappa shape index (κ1) is 12.7. The van der Waals surface area contributed by atoms with Crippen LogP contribution < -0.4 is 5.32 Å². The normalized spacial score (nSPS) is 11.1. The van der Waals surface area contributed by atoms with E-state index in [9.17, 15) is 4.39 Å². The molecule has 1 aromatic rings. The molecular weight excluding hydrogens is 280 g/mol. The molecule has 1 nitrogen and oxygen atoms in total. The first-order valence-corrected chi connectivity index (χ1v) is 5.92. The lowest BCUT2D eigenvalue weighted by Gasteiger charge is -2.04. The Kier molecular flexibility index (Phi) is 5.91. The van der Waals surface area contributed by atoms with Gasteiger partial charge in [-0.3, -0.25) is 0 Å². The Labute approximate surface area is 102 Å². The number of hydrogen-bond acceptors (Lipinski definition) is 1. The van der Waals surface area contributed by atoms with Gasteiger partial charge in [0.25, 0.3) is 0 Å². The van der Waals surface area contributed by atoms with Crippen LogP contribution in [0.1, 0.15) is 5.56 Å². The third-order valence-corrected chi connectivity index (χ3v) is 2.79. The van der Waals surface area contributed by atoms with Crippen molar-refractivity contribution in [2.45, 2.75) is 6.54 Å². The van der Waals surface area contributed by atoms with Crippen molar-refractivity contribution in [3.63, 3.8) is 0 Å². The van der Waals surface area contributed by atoms with E-state index >= 15 is 0 Å². The summed E-state index contributed by atoms with van der Waals surface area (Å²) in [5.74, 6) is 0.303. The van der Waals surface area contributed by atoms with Crippen molar-refractivity contribution in [3.05, 3.63) is 46.2 Å². The van der Waals surface area contributed by atoms with E-state index in [2.05, 4.69) is 21.2 Å². The fourth-order valence-electron chi connectivity index (χ4n) is 1.12. The summed E-state index contributed by atoms with van der Waals surface area (Å²) in [7, 11) is 0. The Morgan fingerprint density at radius 1 is 1.40 bits per heavy atom. The fourth-order valence-corrected chi connectivity index (χ4v) is 1.63. The molecular formula is C11H12BrClFN. The lowest BCUT2D eigenvalue weighted by Crippen LogP contribution is -2.13. The minimum atomic E-state index is -0.216. The van der Waals surface area contributed by atoms with Gasteiger partial charge >= 0.3 is 0 Å². The molecule has 1 N–H and O–H groups in total. The second-order valence-corrected chi connectivity index (χ2v) is 4.16. The van der Waals surface area contributed by atoms with Crippen molar-refractivity contribution in [2.75, 3.05) is 12.4 Å². The molecule has 0 heterocycles. The molecule has 0 saturated heterocycles. The van der Waals surface area contributed by atoms with Crippen LogP contribution in [0.4, 0.5) is 4.39 Å². The molecule has 82 valence electrons. The molecule has 0 aromatic heterocycles. The van der Waals surface area contributed by atoms with E-state index in [1.165, 1.54) is 12.1 Å².